The molecule has 1 aromatic rings. The van der Waals surface area contributed by atoms with E-state index in [2.05, 4.69) is 0 Å². The predicted octanol–water partition coefficient (Wildman–Crippen LogP) is -1.14. The van der Waals surface area contributed by atoms with Crippen molar-refractivity contribution in [2.45, 2.75) is 31.1 Å². The maximum atomic E-state index is 10.9. The third kappa shape index (κ3) is 6.21. The van der Waals surface area contributed by atoms with E-state index in [4.69, 9.17) is 9.84 Å². The van der Waals surface area contributed by atoms with E-state index in [0.717, 1.165) is 31.4 Å². The Bertz CT molecular complexity index is 555. The summed E-state index contributed by atoms with van der Waals surface area (Å²) < 4.78 is 38.0. The van der Waals surface area contributed by atoms with Crippen LogP contribution in [0.25, 0.3) is 0 Å². The molecule has 0 aliphatic rings. The average Bonchev–Trinajstić information content (AvgIpc) is 2.33. The quantitative estimate of drug-likeness (QED) is 0.386. The molecule has 0 spiro atoms. The van der Waals surface area contributed by atoms with Gasteiger partial charge in [-0.1, -0.05) is 19.8 Å². The summed E-state index contributed by atoms with van der Waals surface area (Å²) in [4.78, 5) is 10.2. The molecule has 106 valence electrons. The van der Waals surface area contributed by atoms with Gasteiger partial charge in [-0.3, -0.25) is 0 Å². The monoisotopic (exact) mass is 326 g/mol. The first-order valence-corrected chi connectivity index (χ1v) is 7.23. The molecular formula is C12H15KO6S. The summed E-state index contributed by atoms with van der Waals surface area (Å²) in [6, 6.07) is 3.29. The van der Waals surface area contributed by atoms with Gasteiger partial charge in [-0.15, -0.1) is 0 Å². The molecule has 6 nitrogen and oxygen atoms in total. The molecule has 0 aliphatic heterocycles. The van der Waals surface area contributed by atoms with Gasteiger partial charge in [0, 0.05) is 0 Å². The van der Waals surface area contributed by atoms with Crippen LogP contribution in [0, 0.1) is 0 Å². The molecule has 0 saturated carbocycles. The first kappa shape index (κ1) is 20.0. The van der Waals surface area contributed by atoms with E-state index in [9.17, 15) is 17.8 Å². The Morgan fingerprint density at radius 2 is 2.00 bits per heavy atom. The molecule has 0 heterocycles. The molecule has 0 fully saturated rings. The largest absolute Gasteiger partial charge is 1.00 e. The molecule has 0 radical (unpaired) electrons. The number of hydrogen-bond acceptors (Lipinski definition) is 5. The summed E-state index contributed by atoms with van der Waals surface area (Å²) in [5.41, 5.74) is -0.567. The van der Waals surface area contributed by atoms with Crippen molar-refractivity contribution in [1.29, 1.82) is 0 Å². The zero-order valence-electron chi connectivity index (χ0n) is 11.5. The molecule has 1 aromatic carbocycles. The van der Waals surface area contributed by atoms with E-state index in [1.807, 2.05) is 6.92 Å². The number of carboxylic acids is 1. The van der Waals surface area contributed by atoms with Crippen LogP contribution in [0.2, 0.25) is 0 Å². The van der Waals surface area contributed by atoms with Crippen LogP contribution < -0.4 is 56.1 Å². The number of carboxylic acid groups (broad SMARTS) is 1. The zero-order chi connectivity index (χ0) is 14.5. The van der Waals surface area contributed by atoms with Gasteiger partial charge in [0.25, 0.3) is 0 Å². The number of benzene rings is 1. The van der Waals surface area contributed by atoms with Gasteiger partial charge in [-0.25, -0.2) is 13.2 Å². The minimum absolute atomic E-state index is 0. The number of rotatable bonds is 7. The second-order valence-electron chi connectivity index (χ2n) is 3.97. The van der Waals surface area contributed by atoms with Gasteiger partial charge in [-0.2, -0.15) is 0 Å². The van der Waals surface area contributed by atoms with Gasteiger partial charge in [0.15, 0.2) is 0 Å². The minimum Gasteiger partial charge on any atom is -0.744 e. The van der Waals surface area contributed by atoms with Crippen molar-refractivity contribution in [3.63, 3.8) is 0 Å². The average molecular weight is 326 g/mol. The van der Waals surface area contributed by atoms with Gasteiger partial charge < -0.3 is 14.4 Å². The number of carbonyl (C=O) groups is 1. The second-order valence-corrected chi connectivity index (χ2v) is 5.32. The smallest absolute Gasteiger partial charge is 0.744 e. The SMILES string of the molecule is CCCCCOc1ccc(S(=O)(=O)[O-])c(C(=O)O)c1.[K+]. The van der Waals surface area contributed by atoms with Crippen LogP contribution in [-0.2, 0) is 10.1 Å². The fourth-order valence-electron chi connectivity index (χ4n) is 1.53. The van der Waals surface area contributed by atoms with Crippen LogP contribution in [-0.4, -0.2) is 30.7 Å². The van der Waals surface area contributed by atoms with Gasteiger partial charge in [0.2, 0.25) is 0 Å². The number of ether oxygens (including phenoxy) is 1. The first-order chi connectivity index (χ1) is 8.86. The molecule has 0 bridgehead atoms. The second kappa shape index (κ2) is 9.14. The van der Waals surface area contributed by atoms with E-state index in [1.54, 1.807) is 0 Å². The summed E-state index contributed by atoms with van der Waals surface area (Å²) in [5, 5.41) is 8.90. The molecule has 0 aromatic heterocycles. The van der Waals surface area contributed by atoms with Crippen molar-refractivity contribution in [2.75, 3.05) is 6.61 Å². The van der Waals surface area contributed by atoms with Crippen LogP contribution in [0.4, 0.5) is 0 Å². The Morgan fingerprint density at radius 3 is 2.50 bits per heavy atom. The molecule has 1 N–H and O–H groups in total. The zero-order valence-corrected chi connectivity index (χ0v) is 15.4. The Morgan fingerprint density at radius 1 is 1.35 bits per heavy atom. The molecule has 1 rings (SSSR count). The standard InChI is InChI=1S/C12H16O6S.K/c1-2-3-4-7-18-9-5-6-11(19(15,16)17)10(8-9)12(13)14;/h5-6,8H,2-4,7H2,1H3,(H,13,14)(H,15,16,17);/q;+1/p-1. The summed E-state index contributed by atoms with van der Waals surface area (Å²) in [7, 11) is -4.81. The summed E-state index contributed by atoms with van der Waals surface area (Å²) in [6.07, 6.45) is 2.83. The summed E-state index contributed by atoms with van der Waals surface area (Å²) >= 11 is 0. The van der Waals surface area contributed by atoms with Gasteiger partial charge >= 0.3 is 57.4 Å². The molecule has 0 amide bonds. The van der Waals surface area contributed by atoms with Gasteiger partial charge in [-0.05, 0) is 24.6 Å². The maximum absolute atomic E-state index is 10.9. The number of unbranched alkanes of at least 4 members (excludes halogenated alkanes) is 2. The molecular weight excluding hydrogens is 311 g/mol. The van der Waals surface area contributed by atoms with Crippen molar-refractivity contribution in [3.05, 3.63) is 23.8 Å². The van der Waals surface area contributed by atoms with E-state index in [1.165, 1.54) is 6.07 Å². The van der Waals surface area contributed by atoms with Crippen molar-refractivity contribution < 1.29 is 79.0 Å². The fraction of sp³-hybridized carbons (Fsp3) is 0.417. The molecule has 8 heteroatoms. The Balaban J connectivity index is 0.00000361. The van der Waals surface area contributed by atoms with Crippen molar-refractivity contribution in [2.24, 2.45) is 0 Å². The van der Waals surface area contributed by atoms with E-state index in [0.29, 0.717) is 6.61 Å². The van der Waals surface area contributed by atoms with Crippen LogP contribution in [0.1, 0.15) is 36.5 Å². The molecule has 20 heavy (non-hydrogen) atoms. The van der Waals surface area contributed by atoms with E-state index < -0.39 is 26.5 Å². The van der Waals surface area contributed by atoms with Gasteiger partial charge in [0.1, 0.15) is 15.9 Å². The number of aromatic carboxylic acids is 1. The topological polar surface area (TPSA) is 104 Å². The van der Waals surface area contributed by atoms with Gasteiger partial charge in [0.05, 0.1) is 17.1 Å². The third-order valence-electron chi connectivity index (χ3n) is 2.47. The Kier molecular flexibility index (Phi) is 9.15. The first-order valence-electron chi connectivity index (χ1n) is 5.82. The Hall–Kier alpha value is 0.0364. The normalized spacial score (nSPS) is 10.7. The summed E-state index contributed by atoms with van der Waals surface area (Å²) in [6.45, 7) is 2.45. The maximum Gasteiger partial charge on any atom is 1.00 e. The van der Waals surface area contributed by atoms with E-state index >= 15 is 0 Å². The van der Waals surface area contributed by atoms with Crippen LogP contribution in [0.3, 0.4) is 0 Å². The summed E-state index contributed by atoms with van der Waals surface area (Å²) in [5.74, 6) is -1.24. The third-order valence-corrected chi connectivity index (χ3v) is 3.36. The van der Waals surface area contributed by atoms with Crippen molar-refractivity contribution in [3.8, 4) is 5.75 Å². The number of hydrogen-bond donors (Lipinski definition) is 1. The predicted molar refractivity (Wildman–Crippen MR) is 66.4 cm³/mol. The fourth-order valence-corrected chi connectivity index (χ4v) is 2.18. The Labute approximate surface area is 160 Å². The molecule has 0 unspecified atom stereocenters. The van der Waals surface area contributed by atoms with Crippen molar-refractivity contribution >= 4 is 16.1 Å². The molecule has 0 atom stereocenters. The van der Waals surface area contributed by atoms with Crippen LogP contribution in [0.5, 0.6) is 5.75 Å². The van der Waals surface area contributed by atoms with Crippen molar-refractivity contribution in [1.82, 2.24) is 0 Å². The minimum atomic E-state index is -4.81. The molecule has 0 saturated heterocycles. The van der Waals surface area contributed by atoms with E-state index in [-0.39, 0.29) is 57.1 Å². The van der Waals surface area contributed by atoms with Crippen LogP contribution in [0.15, 0.2) is 23.1 Å². The van der Waals surface area contributed by atoms with Crippen LogP contribution >= 0.6 is 0 Å². The molecule has 0 aliphatic carbocycles.